The molecule has 3 N–H and O–H groups in total. The van der Waals surface area contributed by atoms with Crippen LogP contribution in [0.15, 0.2) is 52.3 Å². The summed E-state index contributed by atoms with van der Waals surface area (Å²) in [7, 11) is 3.07. The Kier molecular flexibility index (Phi) is 7.59. The van der Waals surface area contributed by atoms with Crippen molar-refractivity contribution < 1.29 is 38.5 Å². The summed E-state index contributed by atoms with van der Waals surface area (Å²) in [6.07, 6.45) is 0.682. The molecule has 14 heteroatoms. The summed E-state index contributed by atoms with van der Waals surface area (Å²) in [5, 5.41) is 13.1. The highest BCUT2D eigenvalue weighted by atomic mass is 32.2. The van der Waals surface area contributed by atoms with E-state index in [9.17, 15) is 29.1 Å². The van der Waals surface area contributed by atoms with Gasteiger partial charge in [-0.1, -0.05) is 17.4 Å². The molecular formula is C32H31N3O9S2. The molecule has 46 heavy (non-hydrogen) atoms. The van der Waals surface area contributed by atoms with Crippen molar-refractivity contribution in [3.63, 3.8) is 0 Å². The fourth-order valence-electron chi connectivity index (χ4n) is 7.92. The van der Waals surface area contributed by atoms with Gasteiger partial charge in [-0.15, -0.1) is 11.8 Å². The van der Waals surface area contributed by atoms with Crippen molar-refractivity contribution in [1.82, 2.24) is 9.88 Å². The molecule has 7 rings (SSSR count). The van der Waals surface area contributed by atoms with Crippen LogP contribution in [0.5, 0.6) is 17.2 Å². The van der Waals surface area contributed by atoms with E-state index in [1.54, 1.807) is 49.2 Å². The van der Waals surface area contributed by atoms with Crippen molar-refractivity contribution in [2.45, 2.75) is 35.6 Å². The number of rotatable bonds is 9. The van der Waals surface area contributed by atoms with E-state index in [0.29, 0.717) is 29.4 Å². The van der Waals surface area contributed by atoms with Crippen molar-refractivity contribution in [3.05, 3.63) is 62.6 Å². The number of nitrogens with one attached hydrogen (secondary N) is 2. The van der Waals surface area contributed by atoms with Crippen LogP contribution in [0.4, 0.5) is 5.69 Å². The molecule has 2 aliphatic carbocycles. The van der Waals surface area contributed by atoms with Gasteiger partial charge in [0.05, 0.1) is 31.1 Å². The second-order valence-electron chi connectivity index (χ2n) is 12.0. The number of carbonyl (C=O) groups excluding carboxylic acids is 3. The number of methoxy groups -OCH3 is 2. The zero-order valence-electron chi connectivity index (χ0n) is 25.1. The number of amides is 3. The van der Waals surface area contributed by atoms with Gasteiger partial charge in [-0.05, 0) is 73.1 Å². The predicted octanol–water partition coefficient (Wildman–Crippen LogP) is 3.42. The smallest absolute Gasteiger partial charge is 0.326 e. The van der Waals surface area contributed by atoms with Crippen molar-refractivity contribution in [3.8, 4) is 17.2 Å². The van der Waals surface area contributed by atoms with Gasteiger partial charge in [0.1, 0.15) is 11.8 Å². The average molecular weight is 666 g/mol. The third-order valence-electron chi connectivity index (χ3n) is 9.78. The minimum Gasteiger partial charge on any atom is -0.497 e. The number of benzene rings is 2. The minimum atomic E-state index is -1.23. The van der Waals surface area contributed by atoms with Crippen molar-refractivity contribution in [2.75, 3.05) is 26.1 Å². The van der Waals surface area contributed by atoms with Gasteiger partial charge in [0.15, 0.2) is 18.1 Å². The fourth-order valence-corrected chi connectivity index (χ4v) is 10.8. The first-order valence-corrected chi connectivity index (χ1v) is 16.5. The van der Waals surface area contributed by atoms with Gasteiger partial charge in [-0.25, -0.2) is 4.79 Å². The number of hydrogen-bond acceptors (Lipinski definition) is 10. The first-order valence-electron chi connectivity index (χ1n) is 14.8. The second-order valence-corrected chi connectivity index (χ2v) is 14.2. The SMILES string of the molecule is COc1ccc(NC(=O)COc2ccc([C@H]3c4sc(=O)[nH]c4SC4C5CC(C6C(=O)N(C(C)C(=O)O)C(=O)C56)C43)cc2OC)cc1. The highest BCUT2D eigenvalue weighted by Gasteiger charge is 2.70. The Morgan fingerprint density at radius 3 is 2.41 bits per heavy atom. The van der Waals surface area contributed by atoms with Gasteiger partial charge >= 0.3 is 10.8 Å². The van der Waals surface area contributed by atoms with Crippen LogP contribution >= 0.6 is 23.1 Å². The Bertz CT molecular complexity index is 1800. The number of fused-ring (bicyclic) bond motifs is 9. The van der Waals surface area contributed by atoms with Crippen molar-refractivity contribution >= 4 is 52.5 Å². The molecule has 3 aromatic rings. The lowest BCUT2D eigenvalue weighted by Gasteiger charge is -2.43. The molecule has 2 bridgehead atoms. The zero-order valence-corrected chi connectivity index (χ0v) is 26.7. The van der Waals surface area contributed by atoms with Gasteiger partial charge in [-0.2, -0.15) is 0 Å². The summed E-state index contributed by atoms with van der Waals surface area (Å²) in [4.78, 5) is 68.7. The number of likely N-dealkylation sites (tertiary alicyclic amines) is 1. The van der Waals surface area contributed by atoms with Crippen LogP contribution < -0.4 is 24.4 Å². The van der Waals surface area contributed by atoms with Crippen LogP contribution in [0.2, 0.25) is 0 Å². The van der Waals surface area contributed by atoms with Gasteiger partial charge in [0.25, 0.3) is 5.91 Å². The van der Waals surface area contributed by atoms with Crippen molar-refractivity contribution in [2.24, 2.45) is 29.6 Å². The van der Waals surface area contributed by atoms with Crippen LogP contribution in [0.3, 0.4) is 0 Å². The average Bonchev–Trinajstić information content (AvgIpc) is 3.78. The highest BCUT2D eigenvalue weighted by molar-refractivity contribution is 8.00. The third kappa shape index (κ3) is 4.77. The third-order valence-corrected chi connectivity index (χ3v) is 12.4. The molecule has 3 fully saturated rings. The van der Waals surface area contributed by atoms with Crippen LogP contribution in [0.1, 0.15) is 29.7 Å². The van der Waals surface area contributed by atoms with E-state index in [1.165, 1.54) is 14.0 Å². The lowest BCUT2D eigenvalue weighted by atomic mass is 9.68. The van der Waals surface area contributed by atoms with Crippen LogP contribution in [-0.2, 0) is 19.2 Å². The summed E-state index contributed by atoms with van der Waals surface area (Å²) in [5.41, 5.74) is 1.45. The monoisotopic (exact) mass is 665 g/mol. The molecule has 8 atom stereocenters. The normalized spacial score (nSPS) is 27.9. The molecule has 4 aliphatic rings. The van der Waals surface area contributed by atoms with Gasteiger partial charge in [-0.3, -0.25) is 24.1 Å². The summed E-state index contributed by atoms with van der Waals surface area (Å²) in [6, 6.07) is 11.2. The molecule has 2 saturated carbocycles. The number of aromatic amines is 1. The van der Waals surface area contributed by atoms with Gasteiger partial charge in [0, 0.05) is 21.7 Å². The summed E-state index contributed by atoms with van der Waals surface area (Å²) in [5.74, 6) is -2.72. The number of nitrogens with zero attached hydrogens (tertiary/aromatic N) is 1. The van der Waals surface area contributed by atoms with Gasteiger partial charge < -0.3 is 29.6 Å². The summed E-state index contributed by atoms with van der Waals surface area (Å²) < 4.78 is 16.7. The molecule has 0 radical (unpaired) electrons. The van der Waals surface area contributed by atoms with Crippen LogP contribution in [0.25, 0.3) is 0 Å². The molecule has 12 nitrogen and oxygen atoms in total. The maximum absolute atomic E-state index is 13.6. The molecule has 2 aromatic carbocycles. The number of hydrogen-bond donors (Lipinski definition) is 3. The largest absolute Gasteiger partial charge is 0.497 e. The number of thiazole rings is 1. The molecular weight excluding hydrogens is 634 g/mol. The molecule has 7 unspecified atom stereocenters. The topological polar surface area (TPSA) is 164 Å². The Morgan fingerprint density at radius 2 is 1.74 bits per heavy atom. The zero-order chi connectivity index (χ0) is 32.4. The maximum atomic E-state index is 13.6. The van der Waals surface area contributed by atoms with E-state index in [4.69, 9.17) is 14.2 Å². The first-order chi connectivity index (χ1) is 22.1. The summed E-state index contributed by atoms with van der Waals surface area (Å²) in [6.45, 7) is 1.11. The number of anilines is 1. The molecule has 1 aromatic heterocycles. The number of carboxylic acid groups (broad SMARTS) is 1. The Hall–Kier alpha value is -4.30. The quantitative estimate of drug-likeness (QED) is 0.289. The van der Waals surface area contributed by atoms with Crippen LogP contribution in [0, 0.1) is 29.6 Å². The molecule has 1 saturated heterocycles. The lowest BCUT2D eigenvalue weighted by molar-refractivity contribution is -0.154. The molecule has 3 amide bonds. The van der Waals surface area contributed by atoms with Crippen molar-refractivity contribution in [1.29, 1.82) is 0 Å². The lowest BCUT2D eigenvalue weighted by Crippen LogP contribution is -2.44. The van der Waals surface area contributed by atoms with E-state index in [1.807, 2.05) is 12.1 Å². The van der Waals surface area contributed by atoms with E-state index >= 15 is 0 Å². The van der Waals surface area contributed by atoms with E-state index in [0.717, 1.165) is 31.7 Å². The number of H-pyrrole nitrogens is 1. The molecule has 240 valence electrons. The number of carboxylic acids is 1. The standard InChI is InChI=1S/C32H31N3O9S2/c1-13(31(39)40)35-29(37)24-17-11-18(25(24)30(35)38)26-23(17)22(27-28(45-26)34-32(41)46-27)14-4-9-19(20(10-14)43-3)44-12-21(36)33-15-5-7-16(42-2)8-6-15/h4-10,13,17-18,22-26H,11-12H2,1-3H3,(H,33,36)(H,34,41)(H,39,40)/t13?,17?,18?,22-,23?,24?,25?,26?/m1/s1. The van der Waals surface area contributed by atoms with Gasteiger partial charge in [0.2, 0.25) is 11.8 Å². The number of aliphatic carboxylic acids is 1. The number of ether oxygens (including phenoxy) is 3. The Labute approximate surface area is 271 Å². The fraction of sp³-hybridized carbons (Fsp3) is 0.406. The predicted molar refractivity (Wildman–Crippen MR) is 168 cm³/mol. The second kappa shape index (κ2) is 11.5. The minimum absolute atomic E-state index is 0.0468. The molecule has 3 heterocycles. The number of carbonyl (C=O) groups is 4. The summed E-state index contributed by atoms with van der Waals surface area (Å²) >= 11 is 2.69. The highest BCUT2D eigenvalue weighted by Crippen LogP contribution is 2.68. The van der Waals surface area contributed by atoms with E-state index in [-0.39, 0.29) is 46.3 Å². The van der Waals surface area contributed by atoms with E-state index < -0.39 is 35.7 Å². The first kappa shape index (κ1) is 30.4. The molecule has 2 aliphatic heterocycles. The number of aromatic nitrogens is 1. The van der Waals surface area contributed by atoms with E-state index in [2.05, 4.69) is 10.3 Å². The number of thioether (sulfide) groups is 1. The molecule has 0 spiro atoms. The Balaban J connectivity index is 1.16. The maximum Gasteiger partial charge on any atom is 0.326 e. The number of imide groups is 1. The Morgan fingerprint density at radius 1 is 1.02 bits per heavy atom. The van der Waals surface area contributed by atoms with Crippen LogP contribution in [-0.4, -0.2) is 70.8 Å².